The molecule has 0 fully saturated rings. The molecule has 0 bridgehead atoms. The van der Waals surface area contributed by atoms with Crippen molar-refractivity contribution in [2.24, 2.45) is 17.8 Å². The lowest BCUT2D eigenvalue weighted by Gasteiger charge is -2.29. The van der Waals surface area contributed by atoms with E-state index in [9.17, 15) is 19.2 Å². The fraction of sp³-hybridized carbons (Fsp3) is 0.565. The van der Waals surface area contributed by atoms with Crippen molar-refractivity contribution in [1.29, 1.82) is 0 Å². The van der Waals surface area contributed by atoms with Crippen molar-refractivity contribution in [3.8, 4) is 11.5 Å². The Bertz CT molecular complexity index is 750. The third-order valence-electron chi connectivity index (χ3n) is 5.05. The molecule has 0 radical (unpaired) electrons. The van der Waals surface area contributed by atoms with Crippen molar-refractivity contribution < 1.29 is 38.1 Å². The van der Waals surface area contributed by atoms with E-state index in [1.165, 1.54) is 28.1 Å². The molecule has 0 aromatic heterocycles. The summed E-state index contributed by atoms with van der Waals surface area (Å²) in [4.78, 5) is 50.1. The smallest absolute Gasteiger partial charge is 0.316 e. The number of ether oxygens (including phenoxy) is 4. The van der Waals surface area contributed by atoms with E-state index in [-0.39, 0.29) is 19.6 Å². The number of hydrogen-bond donors (Lipinski definition) is 0. The minimum absolute atomic E-state index is 0.0726. The minimum atomic E-state index is -1.27. The molecule has 1 aromatic rings. The highest BCUT2D eigenvalue weighted by atomic mass is 16.5. The third kappa shape index (κ3) is 7.08. The summed E-state index contributed by atoms with van der Waals surface area (Å²) in [5.41, 5.74) is 0.754. The Kier molecular flexibility index (Phi) is 10.7. The van der Waals surface area contributed by atoms with E-state index < -0.39 is 41.3 Å². The van der Waals surface area contributed by atoms with Gasteiger partial charge in [-0.2, -0.15) is 0 Å². The van der Waals surface area contributed by atoms with E-state index >= 15 is 0 Å². The predicted octanol–water partition coefficient (Wildman–Crippen LogP) is 2.79. The van der Waals surface area contributed by atoms with Gasteiger partial charge in [0, 0.05) is 0 Å². The number of aryl methyl sites for hydroxylation is 1. The second-order valence-corrected chi connectivity index (χ2v) is 7.06. The van der Waals surface area contributed by atoms with Gasteiger partial charge in [-0.3, -0.25) is 19.2 Å². The van der Waals surface area contributed by atoms with Crippen LogP contribution in [0, 0.1) is 17.8 Å². The summed E-state index contributed by atoms with van der Waals surface area (Å²) >= 11 is 0. The molecule has 8 nitrogen and oxygen atoms in total. The van der Waals surface area contributed by atoms with E-state index in [0.717, 1.165) is 5.56 Å². The number of rotatable bonds is 13. The first-order chi connectivity index (χ1) is 14.7. The van der Waals surface area contributed by atoms with Crippen LogP contribution in [0.4, 0.5) is 0 Å². The average molecular weight is 437 g/mol. The number of Topliss-reactive ketones (excluding diaryl/α,β-unsaturated/α-hetero) is 2. The highest BCUT2D eigenvalue weighted by Gasteiger charge is 2.44. The van der Waals surface area contributed by atoms with E-state index in [1.807, 2.05) is 0 Å². The zero-order valence-electron chi connectivity index (χ0n) is 19.1. The predicted molar refractivity (Wildman–Crippen MR) is 113 cm³/mol. The summed E-state index contributed by atoms with van der Waals surface area (Å²) in [7, 11) is 3.06. The molecule has 172 valence electrons. The second kappa shape index (κ2) is 12.7. The molecule has 0 aliphatic heterocycles. The van der Waals surface area contributed by atoms with E-state index in [2.05, 4.69) is 0 Å². The maximum absolute atomic E-state index is 12.6. The number of benzene rings is 1. The van der Waals surface area contributed by atoms with Gasteiger partial charge in [0.2, 0.25) is 0 Å². The molecule has 0 heterocycles. The Morgan fingerprint density at radius 1 is 0.839 bits per heavy atom. The molecular formula is C23H32O8. The number of carbonyl (C=O) groups is 4. The van der Waals surface area contributed by atoms with Crippen molar-refractivity contribution in [3.63, 3.8) is 0 Å². The SMILES string of the molecule is CCOC(=O)C(C(C)=O)C(CCc1cc(OC)ccc1OC)C(C(C)=O)C(=O)OCC. The molecule has 0 amide bonds. The normalized spacial score (nSPS) is 13.5. The fourth-order valence-electron chi connectivity index (χ4n) is 3.67. The highest BCUT2D eigenvalue weighted by molar-refractivity contribution is 6.02. The molecule has 0 aliphatic carbocycles. The van der Waals surface area contributed by atoms with Gasteiger partial charge in [-0.15, -0.1) is 0 Å². The number of esters is 2. The van der Waals surface area contributed by atoms with Crippen molar-refractivity contribution in [3.05, 3.63) is 23.8 Å². The molecule has 31 heavy (non-hydrogen) atoms. The molecular weight excluding hydrogens is 404 g/mol. The van der Waals surface area contributed by atoms with Gasteiger partial charge < -0.3 is 18.9 Å². The van der Waals surface area contributed by atoms with Crippen molar-refractivity contribution in [2.75, 3.05) is 27.4 Å². The molecule has 0 saturated heterocycles. The molecule has 1 aromatic carbocycles. The molecule has 0 spiro atoms. The van der Waals surface area contributed by atoms with E-state index in [4.69, 9.17) is 18.9 Å². The lowest BCUT2D eigenvalue weighted by atomic mass is 9.74. The number of methoxy groups -OCH3 is 2. The van der Waals surface area contributed by atoms with Gasteiger partial charge in [0.25, 0.3) is 0 Å². The largest absolute Gasteiger partial charge is 0.497 e. The number of hydrogen-bond acceptors (Lipinski definition) is 8. The first kappa shape index (κ1) is 26.1. The molecule has 2 unspecified atom stereocenters. The number of ketones is 2. The van der Waals surface area contributed by atoms with Crippen LogP contribution in [-0.4, -0.2) is 50.9 Å². The minimum Gasteiger partial charge on any atom is -0.497 e. The van der Waals surface area contributed by atoms with Crippen LogP contribution in [0.3, 0.4) is 0 Å². The zero-order chi connectivity index (χ0) is 23.6. The zero-order valence-corrected chi connectivity index (χ0v) is 19.1. The average Bonchev–Trinajstić information content (AvgIpc) is 2.71. The van der Waals surface area contributed by atoms with Crippen LogP contribution in [0.15, 0.2) is 18.2 Å². The first-order valence-electron chi connectivity index (χ1n) is 10.3. The van der Waals surface area contributed by atoms with Gasteiger partial charge in [0.05, 0.1) is 27.4 Å². The second-order valence-electron chi connectivity index (χ2n) is 7.06. The lowest BCUT2D eigenvalue weighted by Crippen LogP contribution is -2.42. The Labute approximate surface area is 183 Å². The fourth-order valence-corrected chi connectivity index (χ4v) is 3.67. The summed E-state index contributed by atoms with van der Waals surface area (Å²) in [6.45, 7) is 5.90. The molecule has 0 saturated carbocycles. The van der Waals surface area contributed by atoms with Gasteiger partial charge in [-0.25, -0.2) is 0 Å². The maximum Gasteiger partial charge on any atom is 0.316 e. The summed E-state index contributed by atoms with van der Waals surface area (Å²) in [5.74, 6) is -4.73. The first-order valence-corrected chi connectivity index (χ1v) is 10.3. The van der Waals surface area contributed by atoms with Gasteiger partial charge in [0.15, 0.2) is 0 Å². The standard InChI is InChI=1S/C23H32O8/c1-7-30-22(26)20(14(3)24)18(21(15(4)25)23(27)31-8-2)11-9-16-13-17(28-5)10-12-19(16)29-6/h10,12-13,18,20-21H,7-9,11H2,1-6H3. The monoisotopic (exact) mass is 436 g/mol. The molecule has 2 atom stereocenters. The van der Waals surface area contributed by atoms with Crippen LogP contribution < -0.4 is 9.47 Å². The van der Waals surface area contributed by atoms with Crippen molar-refractivity contribution in [2.45, 2.75) is 40.5 Å². The Hall–Kier alpha value is -2.90. The molecule has 0 aliphatic rings. The van der Waals surface area contributed by atoms with Gasteiger partial charge >= 0.3 is 11.9 Å². The highest BCUT2D eigenvalue weighted by Crippen LogP contribution is 2.33. The third-order valence-corrected chi connectivity index (χ3v) is 5.05. The number of carbonyl (C=O) groups excluding carboxylic acids is 4. The van der Waals surface area contributed by atoms with Crippen LogP contribution in [0.1, 0.15) is 39.7 Å². The Balaban J connectivity index is 3.41. The van der Waals surface area contributed by atoms with E-state index in [1.54, 1.807) is 32.0 Å². The van der Waals surface area contributed by atoms with E-state index in [0.29, 0.717) is 17.9 Å². The van der Waals surface area contributed by atoms with Crippen LogP contribution in [-0.2, 0) is 35.1 Å². The molecule has 1 rings (SSSR count). The quantitative estimate of drug-likeness (QED) is 0.343. The van der Waals surface area contributed by atoms with Crippen LogP contribution in [0.2, 0.25) is 0 Å². The maximum atomic E-state index is 12.6. The van der Waals surface area contributed by atoms with Crippen molar-refractivity contribution in [1.82, 2.24) is 0 Å². The Morgan fingerprint density at radius 3 is 1.74 bits per heavy atom. The van der Waals surface area contributed by atoms with Crippen LogP contribution >= 0.6 is 0 Å². The summed E-state index contributed by atoms with van der Waals surface area (Å²) in [5, 5.41) is 0. The van der Waals surface area contributed by atoms with Crippen molar-refractivity contribution >= 4 is 23.5 Å². The Morgan fingerprint density at radius 2 is 1.35 bits per heavy atom. The summed E-state index contributed by atoms with van der Waals surface area (Å²) < 4.78 is 20.8. The molecule has 8 heteroatoms. The van der Waals surface area contributed by atoms with Crippen LogP contribution in [0.5, 0.6) is 11.5 Å². The lowest BCUT2D eigenvalue weighted by molar-refractivity contribution is -0.160. The summed E-state index contributed by atoms with van der Waals surface area (Å²) in [6, 6.07) is 5.26. The molecule has 0 N–H and O–H groups in total. The summed E-state index contributed by atoms with van der Waals surface area (Å²) in [6.07, 6.45) is 0.507. The van der Waals surface area contributed by atoms with Gasteiger partial charge in [-0.1, -0.05) is 0 Å². The van der Waals surface area contributed by atoms with Crippen LogP contribution in [0.25, 0.3) is 0 Å². The topological polar surface area (TPSA) is 105 Å². The van der Waals surface area contributed by atoms with Gasteiger partial charge in [-0.05, 0) is 70.2 Å². The van der Waals surface area contributed by atoms with Gasteiger partial charge in [0.1, 0.15) is 34.9 Å².